The van der Waals surface area contributed by atoms with Crippen LogP contribution in [0, 0.1) is 12.8 Å². The highest BCUT2D eigenvalue weighted by molar-refractivity contribution is 5.78. The van der Waals surface area contributed by atoms with E-state index in [0.717, 1.165) is 37.5 Å². The second-order valence-corrected chi connectivity index (χ2v) is 8.96. The van der Waals surface area contributed by atoms with Gasteiger partial charge in [-0.1, -0.05) is 18.2 Å². The van der Waals surface area contributed by atoms with Gasteiger partial charge in [0.15, 0.2) is 0 Å². The van der Waals surface area contributed by atoms with Crippen LogP contribution in [0.3, 0.4) is 0 Å². The van der Waals surface area contributed by atoms with Gasteiger partial charge in [-0.3, -0.25) is 14.3 Å². The van der Waals surface area contributed by atoms with Crippen molar-refractivity contribution in [2.45, 2.75) is 32.4 Å². The maximum atomic E-state index is 13.1. The summed E-state index contributed by atoms with van der Waals surface area (Å²) in [6, 6.07) is 9.74. The molecule has 8 nitrogen and oxygen atoms in total. The molecule has 2 aromatic rings. The van der Waals surface area contributed by atoms with Crippen molar-refractivity contribution < 1.29 is 14.3 Å². The number of piperazine rings is 1. The molecule has 0 aliphatic carbocycles. The Morgan fingerprint density at radius 2 is 1.78 bits per heavy atom. The molecule has 0 saturated carbocycles. The van der Waals surface area contributed by atoms with Crippen LogP contribution < -0.4 is 4.74 Å². The Hall–Kier alpha value is -2.87. The first-order valence-corrected chi connectivity index (χ1v) is 11.4. The lowest BCUT2D eigenvalue weighted by atomic mass is 9.90. The molecule has 2 aliphatic rings. The zero-order chi connectivity index (χ0) is 22.5. The fourth-order valence-corrected chi connectivity index (χ4v) is 4.46. The summed E-state index contributed by atoms with van der Waals surface area (Å²) in [6.07, 6.45) is 4.64. The first-order chi connectivity index (χ1) is 15.5. The predicted octanol–water partition coefficient (Wildman–Crippen LogP) is 1.65. The lowest BCUT2D eigenvalue weighted by molar-refractivity contribution is -0.140. The number of carbonyl (C=O) groups excluding carboxylic acids is 2. The number of nitrogens with zero attached hydrogens (tertiary/aromatic N) is 5. The van der Waals surface area contributed by atoms with Gasteiger partial charge in [0.1, 0.15) is 18.4 Å². The SMILES string of the molecule is Cc1cnn(CC(=O)N2CC[C@H](Oc3ccccc3)[C@@H](CC(=O)N3CCN(C)CC3)C2)c1. The molecular weight excluding hydrogens is 406 g/mol. The molecule has 2 aliphatic heterocycles. The Kier molecular flexibility index (Phi) is 7.09. The molecule has 0 radical (unpaired) electrons. The lowest BCUT2D eigenvalue weighted by Crippen LogP contribution is -2.52. The van der Waals surface area contributed by atoms with Gasteiger partial charge in [-0.05, 0) is 31.7 Å². The summed E-state index contributed by atoms with van der Waals surface area (Å²) < 4.78 is 7.96. The summed E-state index contributed by atoms with van der Waals surface area (Å²) in [5, 5.41) is 4.24. The molecule has 2 fully saturated rings. The maximum absolute atomic E-state index is 13.1. The molecule has 2 saturated heterocycles. The van der Waals surface area contributed by atoms with Gasteiger partial charge >= 0.3 is 0 Å². The van der Waals surface area contributed by atoms with Gasteiger partial charge in [0, 0.05) is 64.2 Å². The minimum absolute atomic E-state index is 0.0308. The van der Waals surface area contributed by atoms with Crippen LogP contribution in [-0.4, -0.2) is 88.7 Å². The molecule has 8 heteroatoms. The number of ether oxygens (including phenoxy) is 1. The minimum atomic E-state index is -0.0928. The number of hydrogen-bond acceptors (Lipinski definition) is 5. The van der Waals surface area contributed by atoms with Gasteiger partial charge in [0.05, 0.1) is 6.20 Å². The van der Waals surface area contributed by atoms with Crippen LogP contribution in [0.2, 0.25) is 0 Å². The highest BCUT2D eigenvalue weighted by Gasteiger charge is 2.35. The molecule has 1 aromatic carbocycles. The van der Waals surface area contributed by atoms with Crippen LogP contribution >= 0.6 is 0 Å². The molecule has 2 amide bonds. The number of benzene rings is 1. The molecule has 0 spiro atoms. The van der Waals surface area contributed by atoms with Gasteiger partial charge in [-0.15, -0.1) is 0 Å². The van der Waals surface area contributed by atoms with E-state index < -0.39 is 0 Å². The first-order valence-electron chi connectivity index (χ1n) is 11.4. The van der Waals surface area contributed by atoms with Crippen molar-refractivity contribution in [2.24, 2.45) is 5.92 Å². The number of likely N-dealkylation sites (N-methyl/N-ethyl adjacent to an activating group) is 1. The molecule has 4 rings (SSSR count). The van der Waals surface area contributed by atoms with E-state index >= 15 is 0 Å². The highest BCUT2D eigenvalue weighted by Crippen LogP contribution is 2.27. The Balaban J connectivity index is 1.42. The summed E-state index contributed by atoms with van der Waals surface area (Å²) in [5.41, 5.74) is 1.03. The molecule has 1 aromatic heterocycles. The number of para-hydroxylation sites is 1. The number of rotatable bonds is 6. The van der Waals surface area contributed by atoms with Gasteiger partial charge in [-0.2, -0.15) is 5.10 Å². The largest absolute Gasteiger partial charge is 0.490 e. The Labute approximate surface area is 189 Å². The van der Waals surface area contributed by atoms with E-state index in [1.807, 2.05) is 53.3 Å². The highest BCUT2D eigenvalue weighted by atomic mass is 16.5. The van der Waals surface area contributed by atoms with Crippen molar-refractivity contribution >= 4 is 11.8 Å². The molecule has 2 atom stereocenters. The van der Waals surface area contributed by atoms with E-state index in [1.54, 1.807) is 10.9 Å². The predicted molar refractivity (Wildman–Crippen MR) is 121 cm³/mol. The minimum Gasteiger partial charge on any atom is -0.490 e. The lowest BCUT2D eigenvalue weighted by Gasteiger charge is -2.40. The van der Waals surface area contributed by atoms with Crippen molar-refractivity contribution in [2.75, 3.05) is 46.3 Å². The number of hydrogen-bond donors (Lipinski definition) is 0. The summed E-state index contributed by atoms with van der Waals surface area (Å²) in [7, 11) is 2.08. The molecule has 3 heterocycles. The van der Waals surface area contributed by atoms with Gasteiger partial charge in [0.25, 0.3) is 0 Å². The van der Waals surface area contributed by atoms with Crippen LogP contribution in [0.5, 0.6) is 5.75 Å². The van der Waals surface area contributed by atoms with Crippen molar-refractivity contribution in [1.29, 1.82) is 0 Å². The van der Waals surface area contributed by atoms with Gasteiger partial charge in [0.2, 0.25) is 11.8 Å². The number of amides is 2. The number of aromatic nitrogens is 2. The topological polar surface area (TPSA) is 70.9 Å². The Morgan fingerprint density at radius 3 is 2.47 bits per heavy atom. The first kappa shape index (κ1) is 22.3. The third kappa shape index (κ3) is 5.68. The third-order valence-electron chi connectivity index (χ3n) is 6.40. The Bertz CT molecular complexity index is 907. The van der Waals surface area contributed by atoms with E-state index in [0.29, 0.717) is 25.9 Å². The van der Waals surface area contributed by atoms with Crippen molar-refractivity contribution in [3.63, 3.8) is 0 Å². The van der Waals surface area contributed by atoms with Gasteiger partial charge < -0.3 is 19.4 Å². The molecule has 0 bridgehead atoms. The Morgan fingerprint density at radius 1 is 1.03 bits per heavy atom. The third-order valence-corrected chi connectivity index (χ3v) is 6.40. The number of likely N-dealkylation sites (tertiary alicyclic amines) is 1. The van der Waals surface area contributed by atoms with E-state index in [1.165, 1.54) is 0 Å². The van der Waals surface area contributed by atoms with Crippen molar-refractivity contribution in [1.82, 2.24) is 24.5 Å². The number of carbonyl (C=O) groups is 2. The van der Waals surface area contributed by atoms with Crippen LogP contribution in [0.1, 0.15) is 18.4 Å². The van der Waals surface area contributed by atoms with Crippen molar-refractivity contribution in [3.8, 4) is 5.75 Å². The van der Waals surface area contributed by atoms with Crippen LogP contribution in [-0.2, 0) is 16.1 Å². The second-order valence-electron chi connectivity index (χ2n) is 8.96. The normalized spacial score (nSPS) is 22.1. The van der Waals surface area contributed by atoms with E-state index in [9.17, 15) is 9.59 Å². The van der Waals surface area contributed by atoms with Crippen LogP contribution in [0.4, 0.5) is 0 Å². The summed E-state index contributed by atoms with van der Waals surface area (Å²) in [4.78, 5) is 32.1. The van der Waals surface area contributed by atoms with E-state index in [2.05, 4.69) is 17.0 Å². The smallest absolute Gasteiger partial charge is 0.244 e. The average Bonchev–Trinajstić information content (AvgIpc) is 3.20. The van der Waals surface area contributed by atoms with Crippen molar-refractivity contribution in [3.05, 3.63) is 48.3 Å². The maximum Gasteiger partial charge on any atom is 0.244 e. The van der Waals surface area contributed by atoms with Crippen LogP contribution in [0.15, 0.2) is 42.7 Å². The quantitative estimate of drug-likeness (QED) is 0.685. The summed E-state index contributed by atoms with van der Waals surface area (Å²) in [5.74, 6) is 0.950. The standard InChI is InChI=1S/C24H33N5O3/c1-19-15-25-29(16-19)18-24(31)28-9-8-22(32-21-6-4-3-5-7-21)20(17-28)14-23(30)27-12-10-26(2)11-13-27/h3-7,15-16,20,22H,8-14,17-18H2,1-2H3/t20-,22-/m0/s1. The summed E-state index contributed by atoms with van der Waals surface area (Å²) in [6.45, 7) is 6.63. The van der Waals surface area contributed by atoms with E-state index in [-0.39, 0.29) is 30.4 Å². The van der Waals surface area contributed by atoms with E-state index in [4.69, 9.17) is 4.74 Å². The molecule has 0 N–H and O–H groups in total. The number of aryl methyl sites for hydroxylation is 1. The number of piperidine rings is 1. The summed E-state index contributed by atoms with van der Waals surface area (Å²) >= 11 is 0. The van der Waals surface area contributed by atoms with Crippen LogP contribution in [0.25, 0.3) is 0 Å². The zero-order valence-electron chi connectivity index (χ0n) is 19.0. The molecular formula is C24H33N5O3. The fraction of sp³-hybridized carbons (Fsp3) is 0.542. The zero-order valence-corrected chi connectivity index (χ0v) is 19.0. The second kappa shape index (κ2) is 10.2. The average molecular weight is 440 g/mol. The monoisotopic (exact) mass is 439 g/mol. The molecule has 172 valence electrons. The molecule has 32 heavy (non-hydrogen) atoms. The molecule has 0 unspecified atom stereocenters. The fourth-order valence-electron chi connectivity index (χ4n) is 4.46. The van der Waals surface area contributed by atoms with Gasteiger partial charge in [-0.25, -0.2) is 0 Å².